The van der Waals surface area contributed by atoms with E-state index in [9.17, 15) is 0 Å². The summed E-state index contributed by atoms with van der Waals surface area (Å²) < 4.78 is 5.50. The minimum absolute atomic E-state index is 0.111. The van der Waals surface area contributed by atoms with Gasteiger partial charge >= 0.3 is 0 Å². The Hall–Kier alpha value is -1.06. The van der Waals surface area contributed by atoms with E-state index in [1.165, 1.54) is 44.2 Å². The molecule has 116 valence electrons. The summed E-state index contributed by atoms with van der Waals surface area (Å²) in [4.78, 5) is 2.66. The normalized spacial score (nSPS) is 27.3. The Bertz CT molecular complexity index is 445. The molecule has 3 rings (SSSR count). The molecule has 2 aliphatic rings. The van der Waals surface area contributed by atoms with Crippen molar-refractivity contribution in [3.8, 4) is 5.75 Å². The first-order chi connectivity index (χ1) is 10.3. The summed E-state index contributed by atoms with van der Waals surface area (Å²) in [7, 11) is 0. The van der Waals surface area contributed by atoms with E-state index in [-0.39, 0.29) is 6.04 Å². The average Bonchev–Trinajstić information content (AvgIpc) is 2.98. The molecule has 21 heavy (non-hydrogen) atoms. The summed E-state index contributed by atoms with van der Waals surface area (Å²) in [6.45, 7) is 4.94. The first-order valence-electron chi connectivity index (χ1n) is 8.50. The highest BCUT2D eigenvalue weighted by Crippen LogP contribution is 2.37. The fourth-order valence-electron chi connectivity index (χ4n) is 4.12. The summed E-state index contributed by atoms with van der Waals surface area (Å²) in [5.41, 5.74) is 7.67. The van der Waals surface area contributed by atoms with E-state index >= 15 is 0 Å². The molecule has 1 aromatic carbocycles. The monoisotopic (exact) mass is 288 g/mol. The number of ether oxygens (including phenoxy) is 1. The van der Waals surface area contributed by atoms with Crippen LogP contribution in [-0.4, -0.2) is 30.6 Å². The van der Waals surface area contributed by atoms with Crippen molar-refractivity contribution in [1.82, 2.24) is 4.90 Å². The highest BCUT2D eigenvalue weighted by molar-refractivity contribution is 5.29. The van der Waals surface area contributed by atoms with Gasteiger partial charge in [-0.1, -0.05) is 18.6 Å². The minimum Gasteiger partial charge on any atom is -0.494 e. The molecule has 3 unspecified atom stereocenters. The fourth-order valence-corrected chi connectivity index (χ4v) is 4.12. The molecule has 3 atom stereocenters. The molecule has 3 nitrogen and oxygen atoms in total. The van der Waals surface area contributed by atoms with E-state index in [1.54, 1.807) is 0 Å². The molecule has 0 bridgehead atoms. The lowest BCUT2D eigenvalue weighted by Gasteiger charge is -2.39. The van der Waals surface area contributed by atoms with Gasteiger partial charge in [-0.05, 0) is 62.8 Å². The SMILES string of the molecule is CCOc1ccc(C(N)CN2CCCC3CCCC32)cc1. The van der Waals surface area contributed by atoms with Crippen LogP contribution in [0.2, 0.25) is 0 Å². The Kier molecular flexibility index (Phi) is 4.81. The van der Waals surface area contributed by atoms with Gasteiger partial charge in [-0.15, -0.1) is 0 Å². The average molecular weight is 288 g/mol. The van der Waals surface area contributed by atoms with E-state index in [0.717, 1.165) is 24.3 Å². The Labute approximate surface area is 128 Å². The van der Waals surface area contributed by atoms with Gasteiger partial charge in [0.1, 0.15) is 5.75 Å². The molecular formula is C18H28N2O. The van der Waals surface area contributed by atoms with E-state index in [2.05, 4.69) is 17.0 Å². The minimum atomic E-state index is 0.111. The van der Waals surface area contributed by atoms with Crippen LogP contribution in [0.15, 0.2) is 24.3 Å². The first-order valence-corrected chi connectivity index (χ1v) is 8.50. The Morgan fingerprint density at radius 2 is 1.95 bits per heavy atom. The molecule has 1 aliphatic heterocycles. The van der Waals surface area contributed by atoms with Crippen LogP contribution < -0.4 is 10.5 Å². The van der Waals surface area contributed by atoms with Crippen molar-refractivity contribution in [2.75, 3.05) is 19.7 Å². The zero-order chi connectivity index (χ0) is 14.7. The van der Waals surface area contributed by atoms with Crippen LogP contribution in [-0.2, 0) is 0 Å². The topological polar surface area (TPSA) is 38.5 Å². The molecule has 1 aliphatic carbocycles. The fraction of sp³-hybridized carbons (Fsp3) is 0.667. The van der Waals surface area contributed by atoms with Crippen LogP contribution in [0.1, 0.15) is 50.6 Å². The van der Waals surface area contributed by atoms with Crippen LogP contribution in [0, 0.1) is 5.92 Å². The maximum Gasteiger partial charge on any atom is 0.119 e. The number of rotatable bonds is 5. The van der Waals surface area contributed by atoms with E-state index in [0.29, 0.717) is 6.61 Å². The van der Waals surface area contributed by atoms with Gasteiger partial charge < -0.3 is 10.5 Å². The second kappa shape index (κ2) is 6.80. The van der Waals surface area contributed by atoms with Crippen molar-refractivity contribution in [1.29, 1.82) is 0 Å². The van der Waals surface area contributed by atoms with Crippen molar-refractivity contribution in [2.24, 2.45) is 11.7 Å². The lowest BCUT2D eigenvalue weighted by Crippen LogP contribution is -2.45. The highest BCUT2D eigenvalue weighted by atomic mass is 16.5. The van der Waals surface area contributed by atoms with Crippen molar-refractivity contribution >= 4 is 0 Å². The van der Waals surface area contributed by atoms with E-state index in [1.807, 2.05) is 19.1 Å². The van der Waals surface area contributed by atoms with Gasteiger partial charge in [0.2, 0.25) is 0 Å². The lowest BCUT2D eigenvalue weighted by molar-refractivity contribution is 0.106. The number of nitrogens with two attached hydrogens (primary N) is 1. The number of nitrogens with zero attached hydrogens (tertiary/aromatic N) is 1. The molecule has 1 saturated heterocycles. The molecule has 3 heteroatoms. The predicted molar refractivity (Wildman–Crippen MR) is 86.5 cm³/mol. The molecular weight excluding hydrogens is 260 g/mol. The maximum atomic E-state index is 6.45. The number of fused-ring (bicyclic) bond motifs is 1. The lowest BCUT2D eigenvalue weighted by atomic mass is 9.91. The van der Waals surface area contributed by atoms with Crippen LogP contribution in [0.25, 0.3) is 0 Å². The second-order valence-electron chi connectivity index (χ2n) is 6.50. The molecule has 1 aromatic rings. The summed E-state index contributed by atoms with van der Waals surface area (Å²) in [5, 5.41) is 0. The first kappa shape index (κ1) is 14.9. The van der Waals surface area contributed by atoms with Crippen molar-refractivity contribution in [2.45, 2.75) is 51.1 Å². The maximum absolute atomic E-state index is 6.45. The van der Waals surface area contributed by atoms with Gasteiger partial charge in [0.15, 0.2) is 0 Å². The molecule has 0 amide bonds. The molecule has 2 fully saturated rings. The third-order valence-corrected chi connectivity index (χ3v) is 5.16. The molecule has 1 heterocycles. The Morgan fingerprint density at radius 3 is 2.71 bits per heavy atom. The predicted octanol–water partition coefficient (Wildman–Crippen LogP) is 3.35. The largest absolute Gasteiger partial charge is 0.494 e. The van der Waals surface area contributed by atoms with Crippen molar-refractivity contribution < 1.29 is 4.74 Å². The summed E-state index contributed by atoms with van der Waals surface area (Å²) >= 11 is 0. The molecule has 0 aromatic heterocycles. The Balaban J connectivity index is 1.61. The quantitative estimate of drug-likeness (QED) is 0.903. The third-order valence-electron chi connectivity index (χ3n) is 5.16. The number of piperidine rings is 1. The van der Waals surface area contributed by atoms with Crippen molar-refractivity contribution in [3.63, 3.8) is 0 Å². The van der Waals surface area contributed by atoms with Gasteiger partial charge in [-0.3, -0.25) is 4.90 Å². The van der Waals surface area contributed by atoms with E-state index < -0.39 is 0 Å². The number of likely N-dealkylation sites (tertiary alicyclic amines) is 1. The molecule has 0 radical (unpaired) electrons. The second-order valence-corrected chi connectivity index (χ2v) is 6.50. The molecule has 0 spiro atoms. The van der Waals surface area contributed by atoms with Crippen LogP contribution in [0.3, 0.4) is 0 Å². The van der Waals surface area contributed by atoms with E-state index in [4.69, 9.17) is 10.5 Å². The van der Waals surface area contributed by atoms with Gasteiger partial charge in [0, 0.05) is 18.6 Å². The van der Waals surface area contributed by atoms with Crippen LogP contribution in [0.4, 0.5) is 0 Å². The van der Waals surface area contributed by atoms with Gasteiger partial charge in [-0.2, -0.15) is 0 Å². The third kappa shape index (κ3) is 3.41. The molecule has 2 N–H and O–H groups in total. The summed E-state index contributed by atoms with van der Waals surface area (Å²) in [5.74, 6) is 1.87. The zero-order valence-electron chi connectivity index (χ0n) is 13.1. The van der Waals surface area contributed by atoms with Gasteiger partial charge in [-0.25, -0.2) is 0 Å². The van der Waals surface area contributed by atoms with Gasteiger partial charge in [0.25, 0.3) is 0 Å². The summed E-state index contributed by atoms with van der Waals surface area (Å²) in [6, 6.07) is 9.21. The van der Waals surface area contributed by atoms with Gasteiger partial charge in [0.05, 0.1) is 6.61 Å². The van der Waals surface area contributed by atoms with Crippen LogP contribution >= 0.6 is 0 Å². The number of hydrogen-bond acceptors (Lipinski definition) is 3. The smallest absolute Gasteiger partial charge is 0.119 e. The number of hydrogen-bond donors (Lipinski definition) is 1. The standard InChI is InChI=1S/C18H28N2O/c1-2-21-16-10-8-14(9-11-16)17(19)13-20-12-4-6-15-5-3-7-18(15)20/h8-11,15,17-18H,2-7,12-13,19H2,1H3. The van der Waals surface area contributed by atoms with Crippen molar-refractivity contribution in [3.05, 3.63) is 29.8 Å². The zero-order valence-corrected chi connectivity index (χ0v) is 13.1. The summed E-state index contributed by atoms with van der Waals surface area (Å²) in [6.07, 6.45) is 6.99. The molecule has 1 saturated carbocycles. The number of benzene rings is 1. The Morgan fingerprint density at radius 1 is 1.19 bits per heavy atom. The highest BCUT2D eigenvalue weighted by Gasteiger charge is 2.35. The van der Waals surface area contributed by atoms with Crippen LogP contribution in [0.5, 0.6) is 5.75 Å².